The van der Waals surface area contributed by atoms with Gasteiger partial charge in [0.2, 0.25) is 0 Å². The van der Waals surface area contributed by atoms with E-state index in [2.05, 4.69) is 10.4 Å². The minimum absolute atomic E-state index is 0.0466. The summed E-state index contributed by atoms with van der Waals surface area (Å²) >= 11 is 5.64. The van der Waals surface area contributed by atoms with Gasteiger partial charge in [0.05, 0.1) is 22.5 Å². The highest BCUT2D eigenvalue weighted by Crippen LogP contribution is 2.20. The molecular weight excluding hydrogens is 329 g/mol. The fraction of sp³-hybridized carbons (Fsp3) is 0.167. The Morgan fingerprint density at radius 2 is 1.96 bits per heavy atom. The first kappa shape index (κ1) is 16.6. The average molecular weight is 346 g/mol. The van der Waals surface area contributed by atoms with Gasteiger partial charge in [0.15, 0.2) is 0 Å². The van der Waals surface area contributed by atoms with Gasteiger partial charge in [-0.2, -0.15) is 5.10 Å². The van der Waals surface area contributed by atoms with Crippen LogP contribution in [-0.2, 0) is 6.54 Å². The van der Waals surface area contributed by atoms with Crippen LogP contribution in [0.3, 0.4) is 0 Å². The molecule has 0 bridgehead atoms. The van der Waals surface area contributed by atoms with Crippen molar-refractivity contribution in [2.75, 3.05) is 6.54 Å². The molecule has 0 fully saturated rings. The van der Waals surface area contributed by atoms with E-state index in [1.54, 1.807) is 10.7 Å². The van der Waals surface area contributed by atoms with Crippen molar-refractivity contribution in [1.29, 1.82) is 0 Å². The third kappa shape index (κ3) is 4.00. The minimum Gasteiger partial charge on any atom is -0.387 e. The van der Waals surface area contributed by atoms with Gasteiger partial charge < -0.3 is 10.4 Å². The zero-order chi connectivity index (χ0) is 16.9. The lowest BCUT2D eigenvalue weighted by Crippen LogP contribution is -2.21. The molecule has 0 aliphatic carbocycles. The molecule has 1 heterocycles. The van der Waals surface area contributed by atoms with Crippen molar-refractivity contribution in [2.24, 2.45) is 0 Å². The van der Waals surface area contributed by atoms with Crippen molar-refractivity contribution in [1.82, 2.24) is 15.1 Å². The van der Waals surface area contributed by atoms with Gasteiger partial charge in [-0.05, 0) is 35.9 Å². The summed E-state index contributed by atoms with van der Waals surface area (Å²) in [5, 5.41) is 17.7. The molecule has 2 aromatic carbocycles. The second-order valence-corrected chi connectivity index (χ2v) is 5.81. The maximum Gasteiger partial charge on any atom is 0.142 e. The number of benzene rings is 2. The zero-order valence-corrected chi connectivity index (χ0v) is 13.6. The van der Waals surface area contributed by atoms with E-state index in [0.29, 0.717) is 18.7 Å². The molecular formula is C18H17ClFN3O. The fourth-order valence-electron chi connectivity index (χ4n) is 2.35. The fourth-order valence-corrected chi connectivity index (χ4v) is 2.47. The molecule has 1 atom stereocenters. The Balaban J connectivity index is 1.55. The monoisotopic (exact) mass is 345 g/mol. The molecule has 1 aromatic heterocycles. The van der Waals surface area contributed by atoms with Crippen molar-refractivity contribution in [3.05, 3.63) is 82.9 Å². The van der Waals surface area contributed by atoms with Crippen LogP contribution in [0.4, 0.5) is 4.39 Å². The predicted octanol–water partition coefficient (Wildman–Crippen LogP) is 3.49. The lowest BCUT2D eigenvalue weighted by Gasteiger charge is -2.12. The highest BCUT2D eigenvalue weighted by Gasteiger charge is 2.10. The third-order valence-corrected chi connectivity index (χ3v) is 3.94. The smallest absolute Gasteiger partial charge is 0.142 e. The van der Waals surface area contributed by atoms with Crippen LogP contribution in [0.2, 0.25) is 5.02 Å². The van der Waals surface area contributed by atoms with Gasteiger partial charge in [0, 0.05) is 19.3 Å². The Labute approximate surface area is 144 Å². The first-order valence-corrected chi connectivity index (χ1v) is 7.95. The Hall–Kier alpha value is -2.21. The second-order valence-electron chi connectivity index (χ2n) is 5.41. The van der Waals surface area contributed by atoms with Crippen LogP contribution in [0.25, 0.3) is 5.69 Å². The molecule has 0 aliphatic rings. The van der Waals surface area contributed by atoms with Crippen LogP contribution in [0, 0.1) is 5.82 Å². The molecule has 6 heteroatoms. The summed E-state index contributed by atoms with van der Waals surface area (Å²) in [6, 6.07) is 16.0. The number of hydrogen-bond acceptors (Lipinski definition) is 3. The van der Waals surface area contributed by atoms with E-state index in [0.717, 1.165) is 11.4 Å². The average Bonchev–Trinajstić information content (AvgIpc) is 3.07. The van der Waals surface area contributed by atoms with E-state index in [1.165, 1.54) is 12.1 Å². The first-order chi connectivity index (χ1) is 11.6. The van der Waals surface area contributed by atoms with E-state index in [9.17, 15) is 9.50 Å². The molecule has 3 rings (SSSR count). The Bertz CT molecular complexity index is 807. The molecule has 0 spiro atoms. The quantitative estimate of drug-likeness (QED) is 0.719. The van der Waals surface area contributed by atoms with Gasteiger partial charge in [0.1, 0.15) is 5.82 Å². The van der Waals surface area contributed by atoms with E-state index in [-0.39, 0.29) is 5.02 Å². The highest BCUT2D eigenvalue weighted by molar-refractivity contribution is 6.30. The van der Waals surface area contributed by atoms with Crippen LogP contribution in [0.1, 0.15) is 17.4 Å². The number of halogens is 2. The van der Waals surface area contributed by atoms with Crippen LogP contribution in [0.5, 0.6) is 0 Å². The highest BCUT2D eigenvalue weighted by atomic mass is 35.5. The van der Waals surface area contributed by atoms with Crippen LogP contribution in [0.15, 0.2) is 60.8 Å². The number of rotatable bonds is 6. The summed E-state index contributed by atoms with van der Waals surface area (Å²) in [6.45, 7) is 0.798. The number of aliphatic hydroxyl groups is 1. The SMILES string of the molecule is OC(CNCc1ccn(-c2ccccc2)n1)c1ccc(Cl)c(F)c1. The Morgan fingerprint density at radius 3 is 2.71 bits per heavy atom. The molecule has 0 amide bonds. The molecule has 0 radical (unpaired) electrons. The van der Waals surface area contributed by atoms with Crippen LogP contribution in [-0.4, -0.2) is 21.4 Å². The van der Waals surface area contributed by atoms with Crippen molar-refractivity contribution < 1.29 is 9.50 Å². The summed E-state index contributed by atoms with van der Waals surface area (Å²) in [7, 11) is 0. The molecule has 3 aromatic rings. The lowest BCUT2D eigenvalue weighted by atomic mass is 10.1. The van der Waals surface area contributed by atoms with Crippen LogP contribution >= 0.6 is 11.6 Å². The Morgan fingerprint density at radius 1 is 1.17 bits per heavy atom. The van der Waals surface area contributed by atoms with Gasteiger partial charge >= 0.3 is 0 Å². The van der Waals surface area contributed by atoms with Gasteiger partial charge in [-0.1, -0.05) is 35.9 Å². The molecule has 1 unspecified atom stereocenters. The van der Waals surface area contributed by atoms with Gasteiger partial charge in [-0.3, -0.25) is 0 Å². The minimum atomic E-state index is -0.812. The topological polar surface area (TPSA) is 50.1 Å². The number of nitrogens with one attached hydrogen (secondary N) is 1. The van der Waals surface area contributed by atoms with E-state index >= 15 is 0 Å². The summed E-state index contributed by atoms with van der Waals surface area (Å²) in [4.78, 5) is 0. The Kier molecular flexibility index (Phi) is 5.25. The van der Waals surface area contributed by atoms with E-state index in [4.69, 9.17) is 11.6 Å². The largest absolute Gasteiger partial charge is 0.387 e. The summed E-state index contributed by atoms with van der Waals surface area (Å²) in [6.07, 6.45) is 1.07. The predicted molar refractivity (Wildman–Crippen MR) is 91.6 cm³/mol. The zero-order valence-electron chi connectivity index (χ0n) is 12.9. The summed E-state index contributed by atoms with van der Waals surface area (Å²) in [5.74, 6) is -0.533. The van der Waals surface area contributed by atoms with Gasteiger partial charge in [0.25, 0.3) is 0 Å². The molecule has 24 heavy (non-hydrogen) atoms. The van der Waals surface area contributed by atoms with Crippen LogP contribution < -0.4 is 5.32 Å². The molecule has 0 saturated heterocycles. The molecule has 0 saturated carbocycles. The van der Waals surface area contributed by atoms with Gasteiger partial charge in [-0.25, -0.2) is 9.07 Å². The number of nitrogens with zero attached hydrogens (tertiary/aromatic N) is 2. The second kappa shape index (κ2) is 7.57. The number of hydrogen-bond donors (Lipinski definition) is 2. The summed E-state index contributed by atoms with van der Waals surface area (Å²) in [5.41, 5.74) is 2.33. The van der Waals surface area contributed by atoms with Gasteiger partial charge in [-0.15, -0.1) is 0 Å². The maximum absolute atomic E-state index is 13.4. The lowest BCUT2D eigenvalue weighted by molar-refractivity contribution is 0.174. The summed E-state index contributed by atoms with van der Waals surface area (Å²) < 4.78 is 15.2. The normalized spacial score (nSPS) is 12.3. The van der Waals surface area contributed by atoms with Crippen molar-refractivity contribution in [2.45, 2.75) is 12.6 Å². The standard InChI is InChI=1S/C18H17ClFN3O/c19-16-7-6-13(10-17(16)20)18(24)12-21-11-14-8-9-23(22-14)15-4-2-1-3-5-15/h1-10,18,21,24H,11-12H2. The molecule has 124 valence electrons. The van der Waals surface area contributed by atoms with Crippen molar-refractivity contribution in [3.63, 3.8) is 0 Å². The molecule has 2 N–H and O–H groups in total. The first-order valence-electron chi connectivity index (χ1n) is 7.57. The van der Waals surface area contributed by atoms with E-state index < -0.39 is 11.9 Å². The number of aliphatic hydroxyl groups excluding tert-OH is 1. The maximum atomic E-state index is 13.4. The number of para-hydroxylation sites is 1. The molecule has 4 nitrogen and oxygen atoms in total. The van der Waals surface area contributed by atoms with E-state index in [1.807, 2.05) is 42.6 Å². The third-order valence-electron chi connectivity index (χ3n) is 3.64. The molecule has 0 aliphatic heterocycles. The van der Waals surface area contributed by atoms with Crippen molar-refractivity contribution >= 4 is 11.6 Å². The number of aromatic nitrogens is 2. The van der Waals surface area contributed by atoms with Crippen molar-refractivity contribution in [3.8, 4) is 5.69 Å².